The molecule has 2 atom stereocenters. The van der Waals surface area contributed by atoms with Gasteiger partial charge in [0, 0.05) is 36.0 Å². The second-order valence-electron chi connectivity index (χ2n) is 11.1. The fourth-order valence-electron chi connectivity index (χ4n) is 5.02. The van der Waals surface area contributed by atoms with E-state index in [4.69, 9.17) is 9.47 Å². The lowest BCUT2D eigenvalue weighted by atomic mass is 9.75. The fraction of sp³-hybridized carbons (Fsp3) is 0.452. The van der Waals surface area contributed by atoms with Gasteiger partial charge < -0.3 is 14.4 Å². The number of methoxy groups -OCH3 is 1. The van der Waals surface area contributed by atoms with Crippen molar-refractivity contribution in [1.29, 1.82) is 0 Å². The summed E-state index contributed by atoms with van der Waals surface area (Å²) in [6, 6.07) is 16.3. The number of hydrogen-bond acceptors (Lipinski definition) is 8. The molecule has 9 heteroatoms. The molecule has 0 saturated heterocycles. The average molecular weight is 550 g/mol. The first-order valence-corrected chi connectivity index (χ1v) is 13.4. The first-order valence-electron chi connectivity index (χ1n) is 13.4. The van der Waals surface area contributed by atoms with Crippen LogP contribution in [0.3, 0.4) is 0 Å². The Morgan fingerprint density at radius 2 is 1.77 bits per heavy atom. The Bertz CT molecular complexity index is 1280. The van der Waals surface area contributed by atoms with Crippen molar-refractivity contribution in [3.05, 3.63) is 87.1 Å². The van der Waals surface area contributed by atoms with Gasteiger partial charge in [-0.05, 0) is 56.8 Å². The molecule has 2 aromatic carbocycles. The van der Waals surface area contributed by atoms with E-state index in [-0.39, 0.29) is 23.3 Å². The zero-order valence-corrected chi connectivity index (χ0v) is 24.2. The summed E-state index contributed by atoms with van der Waals surface area (Å²) in [5.41, 5.74) is 2.59. The summed E-state index contributed by atoms with van der Waals surface area (Å²) in [5, 5.41) is 11.5. The molecule has 3 rings (SSSR count). The van der Waals surface area contributed by atoms with Crippen LogP contribution < -0.4 is 0 Å². The van der Waals surface area contributed by atoms with Crippen LogP contribution in [0.4, 0.5) is 5.69 Å². The molecular formula is C31H39N3O6. The molecule has 0 spiro atoms. The van der Waals surface area contributed by atoms with Crippen LogP contribution in [-0.2, 0) is 25.6 Å². The van der Waals surface area contributed by atoms with E-state index >= 15 is 0 Å². The first-order chi connectivity index (χ1) is 18.9. The molecule has 1 heterocycles. The second-order valence-corrected chi connectivity index (χ2v) is 11.1. The third-order valence-corrected chi connectivity index (χ3v) is 7.42. The van der Waals surface area contributed by atoms with Crippen molar-refractivity contribution >= 4 is 23.3 Å². The van der Waals surface area contributed by atoms with Crippen LogP contribution in [0, 0.1) is 21.4 Å². The van der Waals surface area contributed by atoms with Gasteiger partial charge in [-0.1, -0.05) is 56.3 Å². The molecule has 0 saturated carbocycles. The Hall–Kier alpha value is -3.85. The van der Waals surface area contributed by atoms with Crippen LogP contribution in [0.25, 0.3) is 0 Å². The molecule has 0 N–H and O–H groups in total. The van der Waals surface area contributed by atoms with E-state index in [9.17, 15) is 19.7 Å². The molecular weight excluding hydrogens is 510 g/mol. The number of ether oxygens (including phenoxy) is 2. The number of nitro benzene ring substituents is 1. The van der Waals surface area contributed by atoms with Crippen LogP contribution in [0.5, 0.6) is 0 Å². The highest BCUT2D eigenvalue weighted by Gasteiger charge is 2.42. The average Bonchev–Trinajstić information content (AvgIpc) is 2.91. The number of aliphatic imine (C=N–C) groups is 1. The zero-order chi connectivity index (χ0) is 29.4. The Morgan fingerprint density at radius 3 is 2.42 bits per heavy atom. The normalized spacial score (nSPS) is 17.4. The minimum Gasteiger partial charge on any atom is -0.468 e. The van der Waals surface area contributed by atoms with Gasteiger partial charge in [0.05, 0.1) is 24.2 Å². The Kier molecular flexibility index (Phi) is 10.3. The quantitative estimate of drug-likeness (QED) is 0.190. The number of esters is 2. The van der Waals surface area contributed by atoms with Crippen LogP contribution in [0.2, 0.25) is 0 Å². The number of rotatable bonds is 12. The minimum atomic E-state index is -0.908. The van der Waals surface area contributed by atoms with Crippen LogP contribution in [0.15, 0.2) is 70.9 Å². The largest absolute Gasteiger partial charge is 0.468 e. The predicted molar refractivity (Wildman–Crippen MR) is 154 cm³/mol. The van der Waals surface area contributed by atoms with Crippen molar-refractivity contribution in [2.24, 2.45) is 16.3 Å². The highest BCUT2D eigenvalue weighted by molar-refractivity contribution is 6.07. The highest BCUT2D eigenvalue weighted by Crippen LogP contribution is 2.41. The van der Waals surface area contributed by atoms with Gasteiger partial charge in [0.15, 0.2) is 0 Å². The van der Waals surface area contributed by atoms with E-state index in [0.717, 1.165) is 19.5 Å². The van der Waals surface area contributed by atoms with Crippen LogP contribution >= 0.6 is 0 Å². The summed E-state index contributed by atoms with van der Waals surface area (Å²) in [6.07, 6.45) is 1.56. The smallest absolute Gasteiger partial charge is 0.336 e. The van der Waals surface area contributed by atoms with Gasteiger partial charge in [0.2, 0.25) is 0 Å². The molecule has 2 aromatic rings. The SMILES string of the molecule is COC(=O)C1C(C)=NC(C)=C(C(=O)OCCC(C)(C)CCN(C)Cc2ccccc2)C1c1cccc([N+](=O)[O-])c1. The molecule has 40 heavy (non-hydrogen) atoms. The lowest BCUT2D eigenvalue weighted by molar-refractivity contribution is -0.384. The van der Waals surface area contributed by atoms with Gasteiger partial charge in [-0.2, -0.15) is 0 Å². The standard InChI is InChI=1S/C31H39N3O6/c1-21-26(29(35)39-6)28(24-13-10-14-25(19-24)34(37)38)27(22(2)32-21)30(36)40-18-16-31(3,4)15-17-33(5)20-23-11-8-7-9-12-23/h7-14,19,26,28H,15-18,20H2,1-6H3. The molecule has 0 radical (unpaired) electrons. The van der Waals surface area contributed by atoms with Gasteiger partial charge >= 0.3 is 11.9 Å². The van der Waals surface area contributed by atoms with E-state index in [1.54, 1.807) is 26.0 Å². The molecule has 214 valence electrons. The van der Waals surface area contributed by atoms with Crippen molar-refractivity contribution in [3.63, 3.8) is 0 Å². The van der Waals surface area contributed by atoms with Crippen molar-refractivity contribution in [2.45, 2.75) is 53.0 Å². The van der Waals surface area contributed by atoms with Gasteiger partial charge in [-0.15, -0.1) is 0 Å². The van der Waals surface area contributed by atoms with E-state index in [2.05, 4.69) is 42.9 Å². The maximum Gasteiger partial charge on any atom is 0.336 e. The molecule has 2 unspecified atom stereocenters. The van der Waals surface area contributed by atoms with Gasteiger partial charge in [0.25, 0.3) is 5.69 Å². The van der Waals surface area contributed by atoms with Crippen molar-refractivity contribution in [3.8, 4) is 0 Å². The third kappa shape index (κ3) is 7.85. The molecule has 0 aromatic heterocycles. The first kappa shape index (κ1) is 30.7. The number of carbonyl (C=O) groups excluding carboxylic acids is 2. The summed E-state index contributed by atoms with van der Waals surface area (Å²) < 4.78 is 10.8. The van der Waals surface area contributed by atoms with Crippen molar-refractivity contribution < 1.29 is 24.0 Å². The molecule has 0 fully saturated rings. The maximum absolute atomic E-state index is 13.5. The zero-order valence-electron chi connectivity index (χ0n) is 24.2. The molecule has 0 bridgehead atoms. The number of hydrogen-bond donors (Lipinski definition) is 0. The minimum absolute atomic E-state index is 0.0794. The van der Waals surface area contributed by atoms with Crippen molar-refractivity contribution in [1.82, 2.24) is 4.90 Å². The number of non-ortho nitro benzene ring substituents is 1. The van der Waals surface area contributed by atoms with E-state index < -0.39 is 28.7 Å². The maximum atomic E-state index is 13.5. The van der Waals surface area contributed by atoms with Gasteiger partial charge in [-0.3, -0.25) is 19.9 Å². The predicted octanol–water partition coefficient (Wildman–Crippen LogP) is 5.70. The third-order valence-electron chi connectivity index (χ3n) is 7.42. The lowest BCUT2D eigenvalue weighted by Crippen LogP contribution is -2.36. The van der Waals surface area contributed by atoms with Crippen LogP contribution in [0.1, 0.15) is 57.6 Å². The van der Waals surface area contributed by atoms with Crippen LogP contribution in [-0.4, -0.2) is 54.8 Å². The molecule has 1 aliphatic rings. The number of carbonyl (C=O) groups is 2. The topological polar surface area (TPSA) is 111 Å². The second kappa shape index (κ2) is 13.5. The summed E-state index contributed by atoms with van der Waals surface area (Å²) >= 11 is 0. The van der Waals surface area contributed by atoms with E-state index in [1.165, 1.54) is 24.8 Å². The molecule has 1 aliphatic heterocycles. The number of nitrogens with zero attached hydrogens (tertiary/aromatic N) is 3. The number of allylic oxidation sites excluding steroid dienone is 1. The number of nitro groups is 1. The summed E-state index contributed by atoms with van der Waals surface area (Å²) in [5.74, 6) is -2.89. The fourth-order valence-corrected chi connectivity index (χ4v) is 5.02. The summed E-state index contributed by atoms with van der Waals surface area (Å²) in [4.78, 5) is 44.0. The van der Waals surface area contributed by atoms with Gasteiger partial charge in [0.1, 0.15) is 5.92 Å². The number of benzene rings is 2. The molecule has 0 aliphatic carbocycles. The Labute approximate surface area is 236 Å². The monoisotopic (exact) mass is 549 g/mol. The molecule has 9 nitrogen and oxygen atoms in total. The van der Waals surface area contributed by atoms with E-state index in [0.29, 0.717) is 23.4 Å². The van der Waals surface area contributed by atoms with E-state index in [1.807, 2.05) is 18.2 Å². The lowest BCUT2D eigenvalue weighted by Gasteiger charge is -2.31. The van der Waals surface area contributed by atoms with Crippen molar-refractivity contribution in [2.75, 3.05) is 27.3 Å². The summed E-state index contributed by atoms with van der Waals surface area (Å²) in [7, 11) is 3.36. The Balaban J connectivity index is 1.72. The highest BCUT2D eigenvalue weighted by atomic mass is 16.6. The Morgan fingerprint density at radius 1 is 1.07 bits per heavy atom. The molecule has 0 amide bonds. The summed E-state index contributed by atoms with van der Waals surface area (Å²) in [6.45, 7) is 9.62. The van der Waals surface area contributed by atoms with Gasteiger partial charge in [-0.25, -0.2) is 4.79 Å².